The topological polar surface area (TPSA) is 45.7 Å². The van der Waals surface area contributed by atoms with Crippen LogP contribution in [0.4, 0.5) is 10.1 Å². The molecule has 2 aliphatic rings. The number of hydrogen-bond donors (Lipinski definition) is 0. The Kier molecular flexibility index (Phi) is 4.95. The highest BCUT2D eigenvalue weighted by Gasteiger charge is 2.39. The molecule has 0 spiro atoms. The van der Waals surface area contributed by atoms with E-state index in [0.717, 1.165) is 24.2 Å². The number of piperidine rings is 1. The van der Waals surface area contributed by atoms with Crippen molar-refractivity contribution >= 4 is 11.6 Å². The van der Waals surface area contributed by atoms with Crippen LogP contribution < -0.4 is 4.90 Å². The third kappa shape index (κ3) is 3.61. The molecule has 1 aromatic heterocycles. The van der Waals surface area contributed by atoms with E-state index in [9.17, 15) is 9.18 Å². The van der Waals surface area contributed by atoms with Crippen LogP contribution in [-0.2, 0) is 16.1 Å². The fourth-order valence-corrected chi connectivity index (χ4v) is 3.84. The zero-order valence-corrected chi connectivity index (χ0v) is 14.6. The second-order valence-electron chi connectivity index (χ2n) is 6.87. The van der Waals surface area contributed by atoms with Crippen LogP contribution in [-0.4, -0.2) is 48.1 Å². The Bertz CT molecular complexity index is 771. The molecule has 0 saturated carbocycles. The number of aromatic nitrogens is 1. The van der Waals surface area contributed by atoms with E-state index in [1.165, 1.54) is 6.07 Å². The molecule has 26 heavy (non-hydrogen) atoms. The minimum absolute atomic E-state index is 0.117. The summed E-state index contributed by atoms with van der Waals surface area (Å²) in [5, 5.41) is 0. The lowest BCUT2D eigenvalue weighted by Gasteiger charge is -2.37. The molecule has 0 radical (unpaired) electrons. The van der Waals surface area contributed by atoms with Crippen molar-refractivity contribution in [2.75, 3.05) is 31.1 Å². The van der Waals surface area contributed by atoms with Crippen LogP contribution in [0, 0.1) is 11.7 Å². The highest BCUT2D eigenvalue weighted by Crippen LogP contribution is 2.28. The van der Waals surface area contributed by atoms with E-state index < -0.39 is 0 Å². The summed E-state index contributed by atoms with van der Waals surface area (Å²) in [5.41, 5.74) is 1.77. The van der Waals surface area contributed by atoms with Crippen LogP contribution in [0.1, 0.15) is 12.0 Å². The molecule has 0 N–H and O–H groups in total. The number of carbonyl (C=O) groups is 1. The summed E-state index contributed by atoms with van der Waals surface area (Å²) in [7, 11) is 0. The largest absolute Gasteiger partial charge is 0.374 e. The number of ether oxygens (including phenoxy) is 1. The van der Waals surface area contributed by atoms with Crippen molar-refractivity contribution in [2.45, 2.75) is 19.1 Å². The minimum atomic E-state index is -0.217. The standard InChI is InChI=1S/C20H22FN3O2/c21-16-4-1-3-15(11-16)13-23-8-6-18-19(14-23)26-10-9-24(20(18)25)17-5-2-7-22-12-17/h1-5,7,11-12,18-19H,6,8-10,13-14H2/t18-,19+/m1/s1. The number of pyridine rings is 1. The molecule has 136 valence electrons. The first-order valence-corrected chi connectivity index (χ1v) is 9.00. The van der Waals surface area contributed by atoms with Crippen molar-refractivity contribution in [3.8, 4) is 0 Å². The fraction of sp³-hybridized carbons (Fsp3) is 0.400. The lowest BCUT2D eigenvalue weighted by molar-refractivity contribution is -0.128. The highest BCUT2D eigenvalue weighted by atomic mass is 19.1. The molecule has 2 atom stereocenters. The number of halogens is 1. The van der Waals surface area contributed by atoms with E-state index in [1.54, 1.807) is 29.4 Å². The number of nitrogens with zero attached hydrogens (tertiary/aromatic N) is 3. The average molecular weight is 355 g/mol. The SMILES string of the molecule is O=C1[C@@H]2CCN(Cc3cccc(F)c3)C[C@@H]2OCCN1c1cccnc1. The van der Waals surface area contributed by atoms with Crippen LogP contribution in [0.25, 0.3) is 0 Å². The Morgan fingerprint density at radius 2 is 2.15 bits per heavy atom. The second kappa shape index (κ2) is 7.51. The predicted octanol–water partition coefficient (Wildman–Crippen LogP) is 2.47. The Morgan fingerprint density at radius 3 is 2.96 bits per heavy atom. The molecule has 5 nitrogen and oxygen atoms in total. The fourth-order valence-electron chi connectivity index (χ4n) is 3.84. The molecule has 2 saturated heterocycles. The van der Waals surface area contributed by atoms with Crippen LogP contribution >= 0.6 is 0 Å². The van der Waals surface area contributed by atoms with E-state index >= 15 is 0 Å². The van der Waals surface area contributed by atoms with Gasteiger partial charge in [0.2, 0.25) is 5.91 Å². The molecule has 1 aromatic carbocycles. The predicted molar refractivity (Wildman–Crippen MR) is 96.1 cm³/mol. The first kappa shape index (κ1) is 17.1. The summed E-state index contributed by atoms with van der Waals surface area (Å²) in [6.07, 6.45) is 4.05. The number of fused-ring (bicyclic) bond motifs is 1. The maximum Gasteiger partial charge on any atom is 0.232 e. The second-order valence-corrected chi connectivity index (χ2v) is 6.87. The normalized spacial score (nSPS) is 24.2. The van der Waals surface area contributed by atoms with Crippen molar-refractivity contribution in [3.63, 3.8) is 0 Å². The number of carbonyl (C=O) groups excluding carboxylic acids is 1. The zero-order valence-electron chi connectivity index (χ0n) is 14.6. The molecule has 4 rings (SSSR count). The van der Waals surface area contributed by atoms with E-state index in [4.69, 9.17) is 4.74 Å². The molecule has 0 unspecified atom stereocenters. The summed E-state index contributed by atoms with van der Waals surface area (Å²) in [4.78, 5) is 21.2. The number of amides is 1. The molecule has 0 aliphatic carbocycles. The van der Waals surface area contributed by atoms with Crippen molar-refractivity contribution in [2.24, 2.45) is 5.92 Å². The lowest BCUT2D eigenvalue weighted by atomic mass is 9.92. The van der Waals surface area contributed by atoms with Gasteiger partial charge in [-0.3, -0.25) is 14.7 Å². The van der Waals surface area contributed by atoms with Gasteiger partial charge in [0.1, 0.15) is 5.82 Å². The maximum atomic E-state index is 13.4. The van der Waals surface area contributed by atoms with E-state index in [1.807, 2.05) is 18.2 Å². The van der Waals surface area contributed by atoms with Gasteiger partial charge in [-0.05, 0) is 42.8 Å². The summed E-state index contributed by atoms with van der Waals surface area (Å²) in [6.45, 7) is 3.21. The lowest BCUT2D eigenvalue weighted by Crippen LogP contribution is -2.49. The number of likely N-dealkylation sites (tertiary alicyclic amines) is 1. The van der Waals surface area contributed by atoms with Gasteiger partial charge in [0.05, 0.1) is 30.5 Å². The summed E-state index contributed by atoms with van der Waals surface area (Å²) >= 11 is 0. The number of anilines is 1. The van der Waals surface area contributed by atoms with Gasteiger partial charge in [0, 0.05) is 25.8 Å². The third-order valence-electron chi connectivity index (χ3n) is 5.13. The van der Waals surface area contributed by atoms with Crippen LogP contribution in [0.3, 0.4) is 0 Å². The zero-order chi connectivity index (χ0) is 17.9. The number of rotatable bonds is 3. The summed E-state index contributed by atoms with van der Waals surface area (Å²) in [6, 6.07) is 10.4. The molecular weight excluding hydrogens is 333 g/mol. The first-order valence-electron chi connectivity index (χ1n) is 9.00. The molecule has 2 fully saturated rings. The third-order valence-corrected chi connectivity index (χ3v) is 5.13. The van der Waals surface area contributed by atoms with Gasteiger partial charge in [0.25, 0.3) is 0 Å². The molecule has 6 heteroatoms. The van der Waals surface area contributed by atoms with Gasteiger partial charge >= 0.3 is 0 Å². The minimum Gasteiger partial charge on any atom is -0.374 e. The molecular formula is C20H22FN3O2. The molecule has 1 amide bonds. The number of benzene rings is 1. The maximum absolute atomic E-state index is 13.4. The average Bonchev–Trinajstić information content (AvgIpc) is 2.81. The van der Waals surface area contributed by atoms with Gasteiger partial charge in [0.15, 0.2) is 0 Å². The van der Waals surface area contributed by atoms with Gasteiger partial charge in [-0.1, -0.05) is 12.1 Å². The van der Waals surface area contributed by atoms with Crippen molar-refractivity contribution in [3.05, 3.63) is 60.2 Å². The van der Waals surface area contributed by atoms with Crippen LogP contribution in [0.15, 0.2) is 48.8 Å². The van der Waals surface area contributed by atoms with E-state index in [0.29, 0.717) is 26.2 Å². The van der Waals surface area contributed by atoms with E-state index in [-0.39, 0.29) is 23.7 Å². The molecule has 0 bridgehead atoms. The Morgan fingerprint density at radius 1 is 1.23 bits per heavy atom. The monoisotopic (exact) mass is 355 g/mol. The first-order chi connectivity index (χ1) is 12.7. The van der Waals surface area contributed by atoms with Crippen molar-refractivity contribution in [1.82, 2.24) is 9.88 Å². The molecule has 2 aromatic rings. The van der Waals surface area contributed by atoms with Gasteiger partial charge in [-0.25, -0.2) is 4.39 Å². The van der Waals surface area contributed by atoms with Gasteiger partial charge in [-0.15, -0.1) is 0 Å². The Balaban J connectivity index is 1.45. The quantitative estimate of drug-likeness (QED) is 0.849. The van der Waals surface area contributed by atoms with Crippen molar-refractivity contribution < 1.29 is 13.9 Å². The number of hydrogen-bond acceptors (Lipinski definition) is 4. The summed E-state index contributed by atoms with van der Waals surface area (Å²) in [5.74, 6) is -0.238. The highest BCUT2D eigenvalue weighted by molar-refractivity contribution is 5.95. The summed E-state index contributed by atoms with van der Waals surface area (Å²) < 4.78 is 19.4. The van der Waals surface area contributed by atoms with Gasteiger partial charge in [-0.2, -0.15) is 0 Å². The smallest absolute Gasteiger partial charge is 0.232 e. The molecule has 3 heterocycles. The van der Waals surface area contributed by atoms with E-state index in [2.05, 4.69) is 9.88 Å². The Labute approximate surface area is 152 Å². The van der Waals surface area contributed by atoms with Crippen LogP contribution in [0.2, 0.25) is 0 Å². The van der Waals surface area contributed by atoms with Crippen molar-refractivity contribution in [1.29, 1.82) is 0 Å². The molecule has 2 aliphatic heterocycles. The van der Waals surface area contributed by atoms with Gasteiger partial charge < -0.3 is 9.64 Å². The Hall–Kier alpha value is -2.31. The van der Waals surface area contributed by atoms with Crippen LogP contribution in [0.5, 0.6) is 0 Å².